The normalized spacial score (nSPS) is 15.3. The molecule has 4 rings (SSSR count). The van der Waals surface area contributed by atoms with Gasteiger partial charge in [0.25, 0.3) is 11.8 Å². The van der Waals surface area contributed by atoms with Crippen molar-refractivity contribution in [3.8, 4) is 0 Å². The Morgan fingerprint density at radius 2 is 1.60 bits per heavy atom. The van der Waals surface area contributed by atoms with Gasteiger partial charge < -0.3 is 9.64 Å². The topological polar surface area (TPSA) is 84.0 Å². The van der Waals surface area contributed by atoms with E-state index in [1.165, 1.54) is 36.3 Å². The largest absolute Gasteiger partial charge is 0.465 e. The summed E-state index contributed by atoms with van der Waals surface area (Å²) in [7, 11) is 1.28. The van der Waals surface area contributed by atoms with Gasteiger partial charge in [-0.15, -0.1) is 0 Å². The van der Waals surface area contributed by atoms with Crippen LogP contribution in [0.1, 0.15) is 43.8 Å². The number of methoxy groups -OCH3 is 1. The Hall–Kier alpha value is -4.26. The molecule has 1 fully saturated rings. The van der Waals surface area contributed by atoms with Gasteiger partial charge in [-0.25, -0.2) is 9.69 Å². The first kappa shape index (κ1) is 23.9. The molecule has 0 bridgehead atoms. The molecule has 178 valence electrons. The minimum atomic E-state index is -0.947. The van der Waals surface area contributed by atoms with Crippen LogP contribution in [0.5, 0.6) is 0 Å². The molecule has 1 aliphatic heterocycles. The highest BCUT2D eigenvalue weighted by atomic mass is 16.5. The number of amides is 3. The van der Waals surface area contributed by atoms with Crippen LogP contribution in [0.3, 0.4) is 0 Å². The fourth-order valence-electron chi connectivity index (χ4n) is 4.15. The maximum absolute atomic E-state index is 13.6. The molecule has 0 N–H and O–H groups in total. The van der Waals surface area contributed by atoms with E-state index in [0.29, 0.717) is 16.8 Å². The summed E-state index contributed by atoms with van der Waals surface area (Å²) < 4.78 is 4.70. The second-order valence-electron chi connectivity index (χ2n) is 8.61. The third kappa shape index (κ3) is 4.99. The van der Waals surface area contributed by atoms with Crippen molar-refractivity contribution in [3.05, 3.63) is 101 Å². The first-order valence-corrected chi connectivity index (χ1v) is 11.3. The maximum Gasteiger partial charge on any atom is 0.337 e. The number of rotatable bonds is 6. The summed E-state index contributed by atoms with van der Waals surface area (Å²) >= 11 is 0. The average molecular weight is 471 g/mol. The lowest BCUT2D eigenvalue weighted by atomic mass is 10.1. The lowest BCUT2D eigenvalue weighted by Crippen LogP contribution is -2.45. The number of nitrogens with zero attached hydrogens (tertiary/aromatic N) is 2. The molecule has 3 aromatic carbocycles. The molecular formula is C28H26N2O5. The molecule has 7 heteroatoms. The second-order valence-corrected chi connectivity index (χ2v) is 8.61. The van der Waals surface area contributed by atoms with Crippen molar-refractivity contribution in [1.82, 2.24) is 4.90 Å². The van der Waals surface area contributed by atoms with E-state index in [-0.39, 0.29) is 18.9 Å². The monoisotopic (exact) mass is 470 g/mol. The fourth-order valence-corrected chi connectivity index (χ4v) is 4.15. The third-order valence-corrected chi connectivity index (χ3v) is 6.05. The van der Waals surface area contributed by atoms with E-state index in [4.69, 9.17) is 4.74 Å². The number of aryl methyl sites for hydroxylation is 2. The van der Waals surface area contributed by atoms with Crippen LogP contribution in [0.2, 0.25) is 0 Å². The number of carbonyl (C=O) groups is 4. The summed E-state index contributed by atoms with van der Waals surface area (Å²) in [5.74, 6) is -1.71. The first-order chi connectivity index (χ1) is 16.8. The van der Waals surface area contributed by atoms with E-state index >= 15 is 0 Å². The Morgan fingerprint density at radius 1 is 0.914 bits per heavy atom. The second kappa shape index (κ2) is 9.93. The van der Waals surface area contributed by atoms with Crippen LogP contribution in [-0.2, 0) is 20.9 Å². The molecule has 0 spiro atoms. The van der Waals surface area contributed by atoms with Crippen LogP contribution in [0, 0.1) is 13.8 Å². The Kier molecular flexibility index (Phi) is 6.78. The molecule has 3 aromatic rings. The number of ether oxygens (including phenoxy) is 1. The van der Waals surface area contributed by atoms with E-state index < -0.39 is 23.8 Å². The highest BCUT2D eigenvalue weighted by Crippen LogP contribution is 2.28. The number of imide groups is 1. The van der Waals surface area contributed by atoms with Gasteiger partial charge in [-0.2, -0.15) is 0 Å². The highest BCUT2D eigenvalue weighted by Gasteiger charge is 2.44. The van der Waals surface area contributed by atoms with Crippen molar-refractivity contribution in [2.75, 3.05) is 12.0 Å². The van der Waals surface area contributed by atoms with Crippen LogP contribution in [-0.4, -0.2) is 41.7 Å². The van der Waals surface area contributed by atoms with E-state index in [0.717, 1.165) is 21.6 Å². The third-order valence-electron chi connectivity index (χ3n) is 6.05. The summed E-state index contributed by atoms with van der Waals surface area (Å²) in [6.07, 6.45) is -0.124. The van der Waals surface area contributed by atoms with Crippen molar-refractivity contribution in [3.63, 3.8) is 0 Å². The van der Waals surface area contributed by atoms with E-state index in [9.17, 15) is 19.2 Å². The average Bonchev–Trinajstić information content (AvgIpc) is 3.16. The SMILES string of the molecule is COC(=O)c1ccc(N2C(=O)CC(N(Cc3ccc(C)cc3)C(=O)c3cccc(C)c3)C2=O)cc1. The van der Waals surface area contributed by atoms with Gasteiger partial charge in [-0.05, 0) is 55.8 Å². The maximum atomic E-state index is 13.6. The zero-order chi connectivity index (χ0) is 25.1. The van der Waals surface area contributed by atoms with E-state index in [1.54, 1.807) is 18.2 Å². The number of hydrogen-bond donors (Lipinski definition) is 0. The zero-order valence-electron chi connectivity index (χ0n) is 19.9. The number of esters is 1. The van der Waals surface area contributed by atoms with Gasteiger partial charge in [0.05, 0.1) is 24.8 Å². The molecule has 0 saturated carbocycles. The lowest BCUT2D eigenvalue weighted by molar-refractivity contribution is -0.122. The highest BCUT2D eigenvalue weighted by molar-refractivity contribution is 6.23. The Balaban J connectivity index is 1.66. The Bertz CT molecular complexity index is 1280. The first-order valence-electron chi connectivity index (χ1n) is 11.3. The molecule has 0 radical (unpaired) electrons. The zero-order valence-corrected chi connectivity index (χ0v) is 19.9. The van der Waals surface area contributed by atoms with Crippen molar-refractivity contribution < 1.29 is 23.9 Å². The van der Waals surface area contributed by atoms with Gasteiger partial charge in [0.2, 0.25) is 5.91 Å². The molecular weight excluding hydrogens is 444 g/mol. The van der Waals surface area contributed by atoms with Crippen LogP contribution in [0.25, 0.3) is 0 Å². The number of hydrogen-bond acceptors (Lipinski definition) is 5. The minimum absolute atomic E-state index is 0.124. The van der Waals surface area contributed by atoms with Gasteiger partial charge in [-0.3, -0.25) is 14.4 Å². The molecule has 0 aromatic heterocycles. The summed E-state index contributed by atoms with van der Waals surface area (Å²) in [5, 5.41) is 0. The van der Waals surface area contributed by atoms with Gasteiger partial charge >= 0.3 is 5.97 Å². The fraction of sp³-hybridized carbons (Fsp3) is 0.214. The molecule has 7 nitrogen and oxygen atoms in total. The molecule has 1 aliphatic rings. The molecule has 3 amide bonds. The molecule has 1 saturated heterocycles. The van der Waals surface area contributed by atoms with Gasteiger partial charge in [0.15, 0.2) is 0 Å². The quantitative estimate of drug-likeness (QED) is 0.401. The Labute approximate surface area is 203 Å². The van der Waals surface area contributed by atoms with Crippen molar-refractivity contribution in [2.45, 2.75) is 32.9 Å². The predicted molar refractivity (Wildman–Crippen MR) is 131 cm³/mol. The molecule has 1 heterocycles. The van der Waals surface area contributed by atoms with E-state index in [2.05, 4.69) is 0 Å². The van der Waals surface area contributed by atoms with Gasteiger partial charge in [0, 0.05) is 12.1 Å². The van der Waals surface area contributed by atoms with Crippen molar-refractivity contribution in [2.24, 2.45) is 0 Å². The summed E-state index contributed by atoms with van der Waals surface area (Å²) in [6, 6.07) is 20.0. The van der Waals surface area contributed by atoms with Crippen LogP contribution >= 0.6 is 0 Å². The Morgan fingerprint density at radius 3 is 2.23 bits per heavy atom. The van der Waals surface area contributed by atoms with Gasteiger partial charge in [-0.1, -0.05) is 47.5 Å². The smallest absolute Gasteiger partial charge is 0.337 e. The lowest BCUT2D eigenvalue weighted by Gasteiger charge is -2.28. The molecule has 1 unspecified atom stereocenters. The van der Waals surface area contributed by atoms with Crippen LogP contribution < -0.4 is 4.90 Å². The predicted octanol–water partition coefficient (Wildman–Crippen LogP) is 4.06. The summed E-state index contributed by atoms with van der Waals surface area (Å²) in [4.78, 5) is 54.3. The number of benzene rings is 3. The van der Waals surface area contributed by atoms with Gasteiger partial charge in [0.1, 0.15) is 6.04 Å². The standard InChI is InChI=1S/C28H26N2O5/c1-18-7-9-20(10-8-18)17-29(26(32)22-6-4-5-19(2)15-22)24-16-25(31)30(27(24)33)23-13-11-21(12-14-23)28(34)35-3/h4-15,24H,16-17H2,1-3H3. The molecule has 1 atom stereocenters. The van der Waals surface area contributed by atoms with Crippen molar-refractivity contribution >= 4 is 29.4 Å². The van der Waals surface area contributed by atoms with Crippen molar-refractivity contribution in [1.29, 1.82) is 0 Å². The summed E-state index contributed by atoms with van der Waals surface area (Å²) in [5.41, 5.74) is 3.97. The van der Waals surface area contributed by atoms with Crippen LogP contribution in [0.4, 0.5) is 5.69 Å². The van der Waals surface area contributed by atoms with E-state index in [1.807, 2.05) is 44.2 Å². The number of carbonyl (C=O) groups excluding carboxylic acids is 4. The molecule has 35 heavy (non-hydrogen) atoms. The minimum Gasteiger partial charge on any atom is -0.465 e. The summed E-state index contributed by atoms with van der Waals surface area (Å²) in [6.45, 7) is 4.05. The van der Waals surface area contributed by atoms with Crippen LogP contribution in [0.15, 0.2) is 72.8 Å². The molecule has 0 aliphatic carbocycles. The number of anilines is 1.